The molecule has 0 radical (unpaired) electrons. The first-order valence-corrected chi connectivity index (χ1v) is 7.34. The van der Waals surface area contributed by atoms with Crippen LogP contribution in [0, 0.1) is 0 Å². The highest BCUT2D eigenvalue weighted by molar-refractivity contribution is 7.07. The molecule has 102 valence electrons. The Morgan fingerprint density at radius 1 is 1.26 bits per heavy atom. The van der Waals surface area contributed by atoms with Crippen molar-refractivity contribution in [1.29, 1.82) is 0 Å². The fourth-order valence-electron chi connectivity index (χ4n) is 1.56. The average molecular weight is 298 g/mol. The zero-order valence-electron chi connectivity index (χ0n) is 10.4. The number of halogens is 1. The highest BCUT2D eigenvalue weighted by Gasteiger charge is 2.05. The number of rotatable bonds is 7. The van der Waals surface area contributed by atoms with Crippen LogP contribution in [0.15, 0.2) is 41.1 Å². The van der Waals surface area contributed by atoms with Gasteiger partial charge in [0.25, 0.3) is 0 Å². The molecule has 2 rings (SSSR count). The summed E-state index contributed by atoms with van der Waals surface area (Å²) in [4.78, 5) is 0. The Morgan fingerprint density at radius 3 is 2.74 bits per heavy atom. The lowest BCUT2D eigenvalue weighted by Gasteiger charge is -2.13. The summed E-state index contributed by atoms with van der Waals surface area (Å²) in [7, 11) is 0. The number of nitrogens with one attached hydrogen (secondary N) is 1. The molecule has 3 nitrogen and oxygen atoms in total. The van der Waals surface area contributed by atoms with E-state index in [9.17, 15) is 5.11 Å². The number of benzene rings is 1. The van der Waals surface area contributed by atoms with Gasteiger partial charge in [0.05, 0.1) is 0 Å². The molecule has 0 aliphatic carbocycles. The molecular weight excluding hydrogens is 282 g/mol. The number of thiophene rings is 1. The molecule has 19 heavy (non-hydrogen) atoms. The highest BCUT2D eigenvalue weighted by atomic mass is 35.5. The summed E-state index contributed by atoms with van der Waals surface area (Å²) in [5, 5.41) is 17.8. The molecule has 0 fully saturated rings. The second kappa shape index (κ2) is 7.50. The predicted octanol–water partition coefficient (Wildman–Crippen LogP) is 2.93. The van der Waals surface area contributed by atoms with Crippen molar-refractivity contribution in [2.75, 3.05) is 13.2 Å². The van der Waals surface area contributed by atoms with Crippen LogP contribution in [-0.2, 0) is 6.54 Å². The lowest BCUT2D eigenvalue weighted by Crippen LogP contribution is -2.31. The van der Waals surface area contributed by atoms with Gasteiger partial charge < -0.3 is 15.2 Å². The van der Waals surface area contributed by atoms with Gasteiger partial charge in [-0.1, -0.05) is 11.6 Å². The maximum absolute atomic E-state index is 9.78. The number of hydrogen-bond donors (Lipinski definition) is 2. The molecule has 5 heteroatoms. The molecule has 0 amide bonds. The molecule has 1 heterocycles. The van der Waals surface area contributed by atoms with E-state index >= 15 is 0 Å². The Labute approximate surface area is 121 Å². The Balaban J connectivity index is 1.64. The van der Waals surface area contributed by atoms with Crippen molar-refractivity contribution in [2.45, 2.75) is 12.6 Å². The SMILES string of the molecule is OC(CNCc1ccsc1)COc1ccc(Cl)cc1. The van der Waals surface area contributed by atoms with Crippen LogP contribution in [0.3, 0.4) is 0 Å². The first-order chi connectivity index (χ1) is 9.24. The van der Waals surface area contributed by atoms with Gasteiger partial charge >= 0.3 is 0 Å². The number of ether oxygens (including phenoxy) is 1. The van der Waals surface area contributed by atoms with Gasteiger partial charge in [-0.2, -0.15) is 11.3 Å². The van der Waals surface area contributed by atoms with Gasteiger partial charge in [-0.25, -0.2) is 0 Å². The molecule has 1 atom stereocenters. The summed E-state index contributed by atoms with van der Waals surface area (Å²) in [6.07, 6.45) is -0.533. The van der Waals surface area contributed by atoms with E-state index < -0.39 is 6.10 Å². The van der Waals surface area contributed by atoms with E-state index in [2.05, 4.69) is 16.8 Å². The Morgan fingerprint density at radius 2 is 2.05 bits per heavy atom. The largest absolute Gasteiger partial charge is 0.491 e. The quantitative estimate of drug-likeness (QED) is 0.826. The van der Waals surface area contributed by atoms with Crippen LogP contribution in [-0.4, -0.2) is 24.4 Å². The third kappa shape index (κ3) is 5.20. The second-order valence-corrected chi connectivity index (χ2v) is 5.40. The van der Waals surface area contributed by atoms with Crippen molar-refractivity contribution in [3.8, 4) is 5.75 Å². The zero-order valence-corrected chi connectivity index (χ0v) is 12.0. The number of aliphatic hydroxyl groups excluding tert-OH is 1. The smallest absolute Gasteiger partial charge is 0.119 e. The minimum Gasteiger partial charge on any atom is -0.491 e. The van der Waals surface area contributed by atoms with Gasteiger partial charge in [-0.3, -0.25) is 0 Å². The Hall–Kier alpha value is -1.07. The lowest BCUT2D eigenvalue weighted by molar-refractivity contribution is 0.106. The standard InChI is InChI=1S/C14H16ClNO2S/c15-12-1-3-14(4-2-12)18-9-13(17)8-16-7-11-5-6-19-10-11/h1-6,10,13,16-17H,7-9H2. The average Bonchev–Trinajstić information content (AvgIpc) is 2.91. The molecule has 1 aromatic heterocycles. The van der Waals surface area contributed by atoms with Crippen molar-refractivity contribution in [3.63, 3.8) is 0 Å². The van der Waals surface area contributed by atoms with E-state index in [1.165, 1.54) is 5.56 Å². The summed E-state index contributed by atoms with van der Waals surface area (Å²) >= 11 is 7.45. The van der Waals surface area contributed by atoms with Crippen LogP contribution in [0.25, 0.3) is 0 Å². The first kappa shape index (κ1) is 14.3. The van der Waals surface area contributed by atoms with Gasteiger partial charge in [-0.15, -0.1) is 0 Å². The molecule has 1 aromatic carbocycles. The normalized spacial score (nSPS) is 12.3. The van der Waals surface area contributed by atoms with Gasteiger partial charge in [0, 0.05) is 18.1 Å². The molecule has 0 aliphatic rings. The van der Waals surface area contributed by atoms with E-state index in [1.807, 2.05) is 5.38 Å². The Bertz CT molecular complexity index is 473. The third-order valence-corrected chi connectivity index (χ3v) is 3.53. The van der Waals surface area contributed by atoms with Gasteiger partial charge in [0.2, 0.25) is 0 Å². The maximum atomic E-state index is 9.78. The fraction of sp³-hybridized carbons (Fsp3) is 0.286. The van der Waals surface area contributed by atoms with E-state index in [0.29, 0.717) is 17.3 Å². The summed E-state index contributed by atoms with van der Waals surface area (Å²) in [5.41, 5.74) is 1.23. The van der Waals surface area contributed by atoms with Crippen LogP contribution in [0.5, 0.6) is 5.75 Å². The molecule has 2 N–H and O–H groups in total. The van der Waals surface area contributed by atoms with Crippen LogP contribution >= 0.6 is 22.9 Å². The molecule has 0 aliphatic heterocycles. The number of aliphatic hydroxyl groups is 1. The molecule has 2 aromatic rings. The van der Waals surface area contributed by atoms with Crippen molar-refractivity contribution in [1.82, 2.24) is 5.32 Å². The molecule has 0 spiro atoms. The van der Waals surface area contributed by atoms with Gasteiger partial charge in [0.1, 0.15) is 18.5 Å². The minimum atomic E-state index is -0.533. The van der Waals surface area contributed by atoms with Crippen LogP contribution in [0.1, 0.15) is 5.56 Å². The maximum Gasteiger partial charge on any atom is 0.119 e. The minimum absolute atomic E-state index is 0.262. The zero-order chi connectivity index (χ0) is 13.5. The van der Waals surface area contributed by atoms with Crippen molar-refractivity contribution >= 4 is 22.9 Å². The second-order valence-electron chi connectivity index (χ2n) is 4.18. The third-order valence-electron chi connectivity index (χ3n) is 2.55. The van der Waals surface area contributed by atoms with Crippen molar-refractivity contribution in [3.05, 3.63) is 51.7 Å². The van der Waals surface area contributed by atoms with Gasteiger partial charge in [0.15, 0.2) is 0 Å². The van der Waals surface area contributed by atoms with Crippen LogP contribution < -0.4 is 10.1 Å². The van der Waals surface area contributed by atoms with E-state index in [4.69, 9.17) is 16.3 Å². The first-order valence-electron chi connectivity index (χ1n) is 6.02. The summed E-state index contributed by atoms with van der Waals surface area (Å²) in [6.45, 7) is 1.53. The van der Waals surface area contributed by atoms with Crippen LogP contribution in [0.4, 0.5) is 0 Å². The molecule has 0 saturated heterocycles. The topological polar surface area (TPSA) is 41.5 Å². The molecule has 1 unspecified atom stereocenters. The summed E-state index contributed by atoms with van der Waals surface area (Å²) in [5.74, 6) is 0.710. The Kier molecular flexibility index (Phi) is 5.66. The van der Waals surface area contributed by atoms with Gasteiger partial charge in [-0.05, 0) is 46.7 Å². The van der Waals surface area contributed by atoms with Crippen LogP contribution in [0.2, 0.25) is 5.02 Å². The summed E-state index contributed by atoms with van der Waals surface area (Å²) in [6, 6.07) is 9.16. The van der Waals surface area contributed by atoms with E-state index in [0.717, 1.165) is 6.54 Å². The molecule has 0 bridgehead atoms. The highest BCUT2D eigenvalue weighted by Crippen LogP contribution is 2.15. The lowest BCUT2D eigenvalue weighted by atomic mass is 10.3. The van der Waals surface area contributed by atoms with E-state index in [1.54, 1.807) is 35.6 Å². The molecule has 0 saturated carbocycles. The predicted molar refractivity (Wildman–Crippen MR) is 79.0 cm³/mol. The monoisotopic (exact) mass is 297 g/mol. The molecular formula is C14H16ClNO2S. The van der Waals surface area contributed by atoms with Crippen molar-refractivity contribution < 1.29 is 9.84 Å². The fourth-order valence-corrected chi connectivity index (χ4v) is 2.35. The van der Waals surface area contributed by atoms with E-state index in [-0.39, 0.29) is 6.61 Å². The summed E-state index contributed by atoms with van der Waals surface area (Å²) < 4.78 is 5.46. The number of hydrogen-bond acceptors (Lipinski definition) is 4. The van der Waals surface area contributed by atoms with Crippen molar-refractivity contribution in [2.24, 2.45) is 0 Å².